The molecule has 1 atom stereocenters. The van der Waals surface area contributed by atoms with Crippen LogP contribution >= 0.6 is 11.3 Å². The van der Waals surface area contributed by atoms with Gasteiger partial charge in [-0.05, 0) is 55.5 Å². The van der Waals surface area contributed by atoms with Gasteiger partial charge in [0.15, 0.2) is 6.61 Å². The molecule has 0 unspecified atom stereocenters. The van der Waals surface area contributed by atoms with Gasteiger partial charge in [-0.25, -0.2) is 13.2 Å². The van der Waals surface area contributed by atoms with Gasteiger partial charge < -0.3 is 10.1 Å². The van der Waals surface area contributed by atoms with Crippen molar-refractivity contribution < 1.29 is 22.7 Å². The zero-order valence-corrected chi connectivity index (χ0v) is 17.1. The Kier molecular flexibility index (Phi) is 6.48. The molecule has 1 aliphatic rings. The van der Waals surface area contributed by atoms with Crippen molar-refractivity contribution in [3.8, 4) is 0 Å². The summed E-state index contributed by atoms with van der Waals surface area (Å²) in [4.78, 5) is 25.2. The van der Waals surface area contributed by atoms with Crippen molar-refractivity contribution in [2.45, 2.75) is 30.7 Å². The van der Waals surface area contributed by atoms with Gasteiger partial charge in [-0.1, -0.05) is 6.07 Å². The minimum Gasteiger partial charge on any atom is -0.452 e. The van der Waals surface area contributed by atoms with Crippen LogP contribution in [0.2, 0.25) is 0 Å². The molecule has 28 heavy (non-hydrogen) atoms. The summed E-state index contributed by atoms with van der Waals surface area (Å²) in [7, 11) is -3.52. The van der Waals surface area contributed by atoms with Crippen molar-refractivity contribution in [1.82, 2.24) is 9.62 Å². The SMILES string of the molecule is C[C@H](NC(=O)COC(=O)c1ccc(S(=O)(=O)N2CCCC2)cc1)c1cccs1. The number of rotatable bonds is 7. The number of sulfonamides is 1. The number of carbonyl (C=O) groups excluding carboxylic acids is 2. The number of benzene rings is 1. The predicted molar refractivity (Wildman–Crippen MR) is 106 cm³/mol. The fraction of sp³-hybridized carbons (Fsp3) is 0.368. The van der Waals surface area contributed by atoms with Gasteiger partial charge in [0.25, 0.3) is 5.91 Å². The first kappa shape index (κ1) is 20.5. The number of ether oxygens (including phenoxy) is 1. The highest BCUT2D eigenvalue weighted by molar-refractivity contribution is 7.89. The maximum Gasteiger partial charge on any atom is 0.338 e. The number of thiophene rings is 1. The third kappa shape index (κ3) is 4.78. The van der Waals surface area contributed by atoms with E-state index in [-0.39, 0.29) is 16.5 Å². The van der Waals surface area contributed by atoms with Crippen LogP contribution in [-0.4, -0.2) is 44.3 Å². The van der Waals surface area contributed by atoms with Crippen molar-refractivity contribution >= 4 is 33.2 Å². The summed E-state index contributed by atoms with van der Waals surface area (Å²) < 4.78 is 31.4. The number of esters is 1. The van der Waals surface area contributed by atoms with Crippen LogP contribution in [0.15, 0.2) is 46.7 Å². The van der Waals surface area contributed by atoms with E-state index in [0.29, 0.717) is 13.1 Å². The molecule has 9 heteroatoms. The summed E-state index contributed by atoms with van der Waals surface area (Å²) in [6.45, 7) is 2.49. The van der Waals surface area contributed by atoms with Gasteiger partial charge in [-0.3, -0.25) is 4.79 Å². The fourth-order valence-electron chi connectivity index (χ4n) is 2.95. The Bertz CT molecular complexity index is 918. The molecule has 0 bridgehead atoms. The molecule has 1 aliphatic heterocycles. The van der Waals surface area contributed by atoms with Crippen LogP contribution in [0.5, 0.6) is 0 Å². The van der Waals surface area contributed by atoms with Gasteiger partial charge in [-0.15, -0.1) is 11.3 Å². The van der Waals surface area contributed by atoms with Gasteiger partial charge in [0.1, 0.15) is 0 Å². The Morgan fingerprint density at radius 2 is 1.86 bits per heavy atom. The zero-order valence-electron chi connectivity index (χ0n) is 15.5. The highest BCUT2D eigenvalue weighted by atomic mass is 32.2. The standard InChI is InChI=1S/C19H22N2O5S2/c1-14(17-5-4-12-27-17)20-18(22)13-26-19(23)15-6-8-16(9-7-15)28(24,25)21-10-2-3-11-21/h4-9,12,14H,2-3,10-11,13H2,1H3,(H,20,22)/t14-/m0/s1. The molecule has 0 aliphatic carbocycles. The minimum atomic E-state index is -3.52. The van der Waals surface area contributed by atoms with Gasteiger partial charge in [0.2, 0.25) is 10.0 Å². The van der Waals surface area contributed by atoms with E-state index in [9.17, 15) is 18.0 Å². The second kappa shape index (κ2) is 8.85. The number of nitrogens with one attached hydrogen (secondary N) is 1. The molecule has 1 amide bonds. The van der Waals surface area contributed by atoms with E-state index < -0.39 is 28.5 Å². The van der Waals surface area contributed by atoms with Gasteiger partial charge in [0, 0.05) is 18.0 Å². The number of nitrogens with zero attached hydrogens (tertiary/aromatic N) is 1. The van der Waals surface area contributed by atoms with Crippen molar-refractivity contribution in [3.63, 3.8) is 0 Å². The fourth-order valence-corrected chi connectivity index (χ4v) is 5.20. The lowest BCUT2D eigenvalue weighted by atomic mass is 10.2. The molecule has 150 valence electrons. The van der Waals surface area contributed by atoms with E-state index in [1.54, 1.807) is 0 Å². The first-order chi connectivity index (χ1) is 13.4. The van der Waals surface area contributed by atoms with E-state index in [4.69, 9.17) is 4.74 Å². The summed E-state index contributed by atoms with van der Waals surface area (Å²) >= 11 is 1.53. The second-order valence-corrected chi connectivity index (χ2v) is 9.43. The number of amides is 1. The van der Waals surface area contributed by atoms with E-state index in [1.165, 1.54) is 39.9 Å². The van der Waals surface area contributed by atoms with Crippen molar-refractivity contribution in [2.75, 3.05) is 19.7 Å². The Morgan fingerprint density at radius 3 is 2.46 bits per heavy atom. The Hall–Kier alpha value is -2.23. The van der Waals surface area contributed by atoms with Gasteiger partial charge >= 0.3 is 5.97 Å². The molecule has 1 aromatic carbocycles. The monoisotopic (exact) mass is 422 g/mol. The highest BCUT2D eigenvalue weighted by Gasteiger charge is 2.27. The Balaban J connectivity index is 1.54. The van der Waals surface area contributed by atoms with Gasteiger partial charge in [0.05, 0.1) is 16.5 Å². The Morgan fingerprint density at radius 1 is 1.18 bits per heavy atom. The van der Waals surface area contributed by atoms with Crippen LogP contribution in [0, 0.1) is 0 Å². The lowest BCUT2D eigenvalue weighted by Crippen LogP contribution is -2.30. The normalized spacial score (nSPS) is 15.9. The highest BCUT2D eigenvalue weighted by Crippen LogP contribution is 2.21. The lowest BCUT2D eigenvalue weighted by molar-refractivity contribution is -0.124. The number of carbonyl (C=O) groups is 2. The minimum absolute atomic E-state index is 0.147. The maximum absolute atomic E-state index is 12.5. The van der Waals surface area contributed by atoms with Crippen LogP contribution in [0.3, 0.4) is 0 Å². The topological polar surface area (TPSA) is 92.8 Å². The quantitative estimate of drug-likeness (QED) is 0.693. The van der Waals surface area contributed by atoms with Gasteiger partial charge in [-0.2, -0.15) is 4.31 Å². The molecular weight excluding hydrogens is 400 g/mol. The molecule has 1 N–H and O–H groups in total. The largest absolute Gasteiger partial charge is 0.452 e. The van der Waals surface area contributed by atoms with Crippen molar-refractivity contribution in [3.05, 3.63) is 52.2 Å². The molecule has 3 rings (SSSR count). The lowest BCUT2D eigenvalue weighted by Gasteiger charge is -2.15. The van der Waals surface area contributed by atoms with E-state index in [1.807, 2.05) is 24.4 Å². The molecule has 1 aromatic heterocycles. The molecule has 0 spiro atoms. The average Bonchev–Trinajstić information content (AvgIpc) is 3.40. The summed E-state index contributed by atoms with van der Waals surface area (Å²) in [5.41, 5.74) is 0.194. The first-order valence-corrected chi connectivity index (χ1v) is 11.3. The number of hydrogen-bond acceptors (Lipinski definition) is 6. The van der Waals surface area contributed by atoms with Crippen molar-refractivity contribution in [1.29, 1.82) is 0 Å². The molecular formula is C19H22N2O5S2. The Labute approximate surface area is 168 Å². The van der Waals surface area contributed by atoms with Crippen molar-refractivity contribution in [2.24, 2.45) is 0 Å². The smallest absolute Gasteiger partial charge is 0.338 e. The van der Waals surface area contributed by atoms with Crippen LogP contribution < -0.4 is 5.32 Å². The molecule has 7 nitrogen and oxygen atoms in total. The summed E-state index contributed by atoms with van der Waals surface area (Å²) in [5.74, 6) is -1.08. The van der Waals surface area contributed by atoms with Crippen LogP contribution in [0.4, 0.5) is 0 Å². The predicted octanol–water partition coefficient (Wildman–Crippen LogP) is 2.57. The first-order valence-electron chi connectivity index (χ1n) is 8.98. The number of hydrogen-bond donors (Lipinski definition) is 1. The molecule has 1 saturated heterocycles. The molecule has 0 radical (unpaired) electrons. The van der Waals surface area contributed by atoms with E-state index in [2.05, 4.69) is 5.32 Å². The summed E-state index contributed by atoms with van der Waals surface area (Å²) in [5, 5.41) is 4.68. The molecule has 1 fully saturated rings. The van der Waals surface area contributed by atoms with E-state index in [0.717, 1.165) is 17.7 Å². The molecule has 0 saturated carbocycles. The van der Waals surface area contributed by atoms with Crippen LogP contribution in [0.1, 0.15) is 41.0 Å². The second-order valence-electron chi connectivity index (χ2n) is 6.52. The van der Waals surface area contributed by atoms with Crippen LogP contribution in [-0.2, 0) is 19.6 Å². The summed E-state index contributed by atoms with van der Waals surface area (Å²) in [6, 6.07) is 9.23. The maximum atomic E-state index is 12.5. The zero-order chi connectivity index (χ0) is 20.1. The molecule has 2 aromatic rings. The third-order valence-electron chi connectivity index (χ3n) is 4.47. The van der Waals surface area contributed by atoms with E-state index >= 15 is 0 Å². The van der Waals surface area contributed by atoms with Crippen LogP contribution in [0.25, 0.3) is 0 Å². The average molecular weight is 423 g/mol. The third-order valence-corrected chi connectivity index (χ3v) is 7.44. The molecule has 2 heterocycles. The summed E-state index contributed by atoms with van der Waals surface area (Å²) in [6.07, 6.45) is 1.72.